The van der Waals surface area contributed by atoms with Crippen LogP contribution in [-0.4, -0.2) is 41.4 Å². The van der Waals surface area contributed by atoms with Gasteiger partial charge in [-0.05, 0) is 42.3 Å². The number of halogens is 1. The second-order valence-electron chi connectivity index (χ2n) is 6.61. The molecule has 0 saturated heterocycles. The van der Waals surface area contributed by atoms with Crippen LogP contribution in [0.5, 0.6) is 0 Å². The minimum absolute atomic E-state index is 0.252. The molecule has 1 aromatic carbocycles. The van der Waals surface area contributed by atoms with Gasteiger partial charge in [0.05, 0.1) is 15.9 Å². The predicted molar refractivity (Wildman–Crippen MR) is 114 cm³/mol. The van der Waals surface area contributed by atoms with Gasteiger partial charge < -0.3 is 4.57 Å². The summed E-state index contributed by atoms with van der Waals surface area (Å²) in [6.07, 6.45) is 3.78. The molecular weight excluding hydrogens is 416 g/mol. The van der Waals surface area contributed by atoms with Crippen LogP contribution in [0, 0.1) is 0 Å². The SMILES string of the molecule is CCCCn1c(SCc2ccnc(Cl)c2)nc2cc(S(=O)(=O)N(C)C)ccc21. The highest BCUT2D eigenvalue weighted by Gasteiger charge is 2.20. The molecular formula is C19H23ClN4O2S2. The maximum atomic E-state index is 12.4. The molecule has 2 heterocycles. The lowest BCUT2D eigenvalue weighted by atomic mass is 10.3. The third-order valence-corrected chi connectivity index (χ3v) is 7.42. The molecule has 0 aliphatic carbocycles. The lowest BCUT2D eigenvalue weighted by molar-refractivity contribution is 0.521. The van der Waals surface area contributed by atoms with Crippen LogP contribution >= 0.6 is 23.4 Å². The molecule has 0 atom stereocenters. The first-order chi connectivity index (χ1) is 13.3. The summed E-state index contributed by atoms with van der Waals surface area (Å²) in [5, 5.41) is 1.34. The summed E-state index contributed by atoms with van der Waals surface area (Å²) in [6, 6.07) is 8.93. The fraction of sp³-hybridized carbons (Fsp3) is 0.368. The van der Waals surface area contributed by atoms with Crippen LogP contribution in [-0.2, 0) is 22.3 Å². The van der Waals surface area contributed by atoms with Crippen molar-refractivity contribution in [3.8, 4) is 0 Å². The molecule has 0 unspecified atom stereocenters. The first kappa shape index (κ1) is 21.1. The number of aryl methyl sites for hydroxylation is 1. The van der Waals surface area contributed by atoms with Gasteiger partial charge in [-0.2, -0.15) is 0 Å². The topological polar surface area (TPSA) is 68.1 Å². The summed E-state index contributed by atoms with van der Waals surface area (Å²) in [7, 11) is -0.437. The molecule has 0 N–H and O–H groups in total. The number of hydrogen-bond acceptors (Lipinski definition) is 5. The van der Waals surface area contributed by atoms with Crippen molar-refractivity contribution in [3.63, 3.8) is 0 Å². The molecule has 3 rings (SSSR count). The Morgan fingerprint density at radius 2 is 2.00 bits per heavy atom. The second kappa shape index (κ2) is 8.82. The van der Waals surface area contributed by atoms with Crippen molar-refractivity contribution in [1.29, 1.82) is 0 Å². The Bertz CT molecular complexity index is 1080. The highest BCUT2D eigenvalue weighted by atomic mass is 35.5. The van der Waals surface area contributed by atoms with Crippen LogP contribution in [0.15, 0.2) is 46.6 Å². The van der Waals surface area contributed by atoms with E-state index in [0.29, 0.717) is 16.4 Å². The Hall–Kier alpha value is -1.61. The molecule has 0 spiro atoms. The molecule has 0 radical (unpaired) electrons. The molecule has 28 heavy (non-hydrogen) atoms. The number of thioether (sulfide) groups is 1. The Kier molecular flexibility index (Phi) is 6.65. The van der Waals surface area contributed by atoms with Crippen molar-refractivity contribution in [2.75, 3.05) is 14.1 Å². The minimum atomic E-state index is -3.49. The fourth-order valence-corrected chi connectivity index (χ4v) is 4.88. The van der Waals surface area contributed by atoms with Gasteiger partial charge >= 0.3 is 0 Å². The third-order valence-electron chi connectivity index (χ3n) is 4.36. The van der Waals surface area contributed by atoms with Crippen molar-refractivity contribution in [2.45, 2.75) is 42.1 Å². The molecule has 3 aromatic rings. The van der Waals surface area contributed by atoms with E-state index in [-0.39, 0.29) is 4.90 Å². The highest BCUT2D eigenvalue weighted by Crippen LogP contribution is 2.29. The van der Waals surface area contributed by atoms with Crippen molar-refractivity contribution in [1.82, 2.24) is 18.8 Å². The van der Waals surface area contributed by atoms with E-state index in [2.05, 4.69) is 16.5 Å². The number of aromatic nitrogens is 3. The largest absolute Gasteiger partial charge is 0.319 e. The molecule has 2 aromatic heterocycles. The number of pyridine rings is 1. The maximum absolute atomic E-state index is 12.4. The van der Waals surface area contributed by atoms with Crippen molar-refractivity contribution >= 4 is 44.4 Å². The molecule has 0 fully saturated rings. The summed E-state index contributed by atoms with van der Waals surface area (Å²) < 4.78 is 28.3. The number of nitrogens with zero attached hydrogens (tertiary/aromatic N) is 4. The molecule has 150 valence electrons. The first-order valence-corrected chi connectivity index (χ1v) is 11.8. The van der Waals surface area contributed by atoms with Crippen LogP contribution in [0.1, 0.15) is 25.3 Å². The van der Waals surface area contributed by atoms with E-state index in [1.165, 1.54) is 18.4 Å². The molecule has 9 heteroatoms. The van der Waals surface area contributed by atoms with Crippen molar-refractivity contribution in [3.05, 3.63) is 47.2 Å². The summed E-state index contributed by atoms with van der Waals surface area (Å²) in [5.74, 6) is 0.709. The first-order valence-electron chi connectivity index (χ1n) is 8.99. The number of sulfonamides is 1. The van der Waals surface area contributed by atoms with Crippen molar-refractivity contribution < 1.29 is 8.42 Å². The van der Waals surface area contributed by atoms with Crippen LogP contribution in [0.25, 0.3) is 11.0 Å². The molecule has 0 bridgehead atoms. The molecule has 0 aliphatic rings. The molecule has 0 amide bonds. The number of imidazole rings is 1. The van der Waals surface area contributed by atoms with Crippen LogP contribution < -0.4 is 0 Å². The zero-order valence-corrected chi connectivity index (χ0v) is 18.5. The fourth-order valence-electron chi connectivity index (χ4n) is 2.78. The maximum Gasteiger partial charge on any atom is 0.242 e. The van der Waals surface area contributed by atoms with Crippen LogP contribution in [0.2, 0.25) is 5.15 Å². The van der Waals surface area contributed by atoms with Gasteiger partial charge in [0.2, 0.25) is 10.0 Å². The zero-order valence-electron chi connectivity index (χ0n) is 16.1. The van der Waals surface area contributed by atoms with Crippen LogP contribution in [0.3, 0.4) is 0 Å². The van der Waals surface area contributed by atoms with E-state index < -0.39 is 10.0 Å². The standard InChI is InChI=1S/C19H23ClN4O2S2/c1-4-5-10-24-17-7-6-15(28(25,26)23(2)3)12-16(17)22-19(24)27-13-14-8-9-21-18(20)11-14/h6-9,11-12H,4-5,10,13H2,1-3H3. The number of benzene rings is 1. The average Bonchev–Trinajstić information content (AvgIpc) is 3.01. The van der Waals surface area contributed by atoms with Gasteiger partial charge in [0.1, 0.15) is 5.15 Å². The summed E-state index contributed by atoms with van der Waals surface area (Å²) in [5.41, 5.74) is 2.70. The van der Waals surface area contributed by atoms with Gasteiger partial charge in [0.25, 0.3) is 0 Å². The lowest BCUT2D eigenvalue weighted by Gasteiger charge is -2.11. The Morgan fingerprint density at radius 1 is 1.21 bits per heavy atom. The second-order valence-corrected chi connectivity index (χ2v) is 10.1. The van der Waals surface area contributed by atoms with E-state index in [1.54, 1.807) is 30.1 Å². The van der Waals surface area contributed by atoms with Crippen molar-refractivity contribution in [2.24, 2.45) is 0 Å². The number of unbranched alkanes of at least 4 members (excludes halogenated alkanes) is 1. The van der Waals surface area contributed by atoms with Gasteiger partial charge in [0, 0.05) is 32.6 Å². The molecule has 0 saturated carbocycles. The van der Waals surface area contributed by atoms with Gasteiger partial charge in [0.15, 0.2) is 5.16 Å². The number of rotatable bonds is 8. The van der Waals surface area contributed by atoms with E-state index in [0.717, 1.165) is 35.6 Å². The minimum Gasteiger partial charge on any atom is -0.319 e. The quantitative estimate of drug-likeness (QED) is 0.384. The van der Waals surface area contributed by atoms with Gasteiger partial charge in [-0.3, -0.25) is 0 Å². The number of hydrogen-bond donors (Lipinski definition) is 0. The Morgan fingerprint density at radius 3 is 2.68 bits per heavy atom. The zero-order chi connectivity index (χ0) is 20.3. The van der Waals surface area contributed by atoms with E-state index in [1.807, 2.05) is 18.2 Å². The van der Waals surface area contributed by atoms with E-state index >= 15 is 0 Å². The van der Waals surface area contributed by atoms with Gasteiger partial charge in [-0.25, -0.2) is 22.7 Å². The van der Waals surface area contributed by atoms with E-state index in [9.17, 15) is 8.42 Å². The van der Waals surface area contributed by atoms with Crippen LogP contribution in [0.4, 0.5) is 0 Å². The summed E-state index contributed by atoms with van der Waals surface area (Å²) >= 11 is 7.58. The third kappa shape index (κ3) is 4.51. The normalized spacial score (nSPS) is 12.2. The average molecular weight is 439 g/mol. The van der Waals surface area contributed by atoms with Gasteiger partial charge in [-0.15, -0.1) is 0 Å². The number of fused-ring (bicyclic) bond motifs is 1. The van der Waals surface area contributed by atoms with Gasteiger partial charge in [-0.1, -0.05) is 36.7 Å². The summed E-state index contributed by atoms with van der Waals surface area (Å²) in [6.45, 7) is 2.98. The summed E-state index contributed by atoms with van der Waals surface area (Å²) in [4.78, 5) is 8.99. The van der Waals surface area contributed by atoms with E-state index in [4.69, 9.17) is 16.6 Å². The Labute approximate surface area is 175 Å². The Balaban J connectivity index is 1.97. The molecule has 0 aliphatic heterocycles. The lowest BCUT2D eigenvalue weighted by Crippen LogP contribution is -2.22. The smallest absolute Gasteiger partial charge is 0.242 e. The monoisotopic (exact) mass is 438 g/mol. The predicted octanol–water partition coefficient (Wildman–Crippen LogP) is 4.43. The molecule has 6 nitrogen and oxygen atoms in total. The highest BCUT2D eigenvalue weighted by molar-refractivity contribution is 7.98.